The van der Waals surface area contributed by atoms with E-state index in [4.69, 9.17) is 16.3 Å². The van der Waals surface area contributed by atoms with Crippen molar-refractivity contribution in [2.24, 2.45) is 7.05 Å². The second-order valence-electron chi connectivity index (χ2n) is 4.05. The van der Waals surface area contributed by atoms with Gasteiger partial charge in [0, 0.05) is 11.5 Å². The van der Waals surface area contributed by atoms with Crippen LogP contribution in [0.15, 0.2) is 22.7 Å². The molecule has 0 saturated heterocycles. The molecule has 0 atom stereocenters. The predicted molar refractivity (Wildman–Crippen MR) is 76.0 cm³/mol. The molecule has 0 N–H and O–H groups in total. The molecule has 3 nitrogen and oxygen atoms in total. The van der Waals surface area contributed by atoms with Crippen molar-refractivity contribution in [3.05, 3.63) is 44.9 Å². The van der Waals surface area contributed by atoms with Gasteiger partial charge in [0.15, 0.2) is 11.6 Å². The molecule has 102 valence electrons. The first-order valence-electron chi connectivity index (χ1n) is 5.81. The molecule has 2 aromatic rings. The first-order valence-corrected chi connectivity index (χ1v) is 6.98. The Hall–Kier alpha value is -1.07. The largest absolute Gasteiger partial charge is 0.484 e. The molecule has 0 amide bonds. The summed E-state index contributed by atoms with van der Waals surface area (Å²) in [5, 5.41) is 4.87. The van der Waals surface area contributed by atoms with Gasteiger partial charge in [0.25, 0.3) is 0 Å². The highest BCUT2D eigenvalue weighted by Gasteiger charge is 2.14. The van der Waals surface area contributed by atoms with Crippen molar-refractivity contribution >= 4 is 27.5 Å². The normalized spacial score (nSPS) is 10.8. The minimum Gasteiger partial charge on any atom is -0.484 e. The van der Waals surface area contributed by atoms with Crippen molar-refractivity contribution in [1.82, 2.24) is 9.78 Å². The molecular formula is C13H13BrClFN2O. The summed E-state index contributed by atoms with van der Waals surface area (Å²) in [6, 6.07) is 4.55. The molecule has 0 fully saturated rings. The summed E-state index contributed by atoms with van der Waals surface area (Å²) in [6.07, 6.45) is 0.748. The number of aromatic nitrogens is 2. The minimum absolute atomic E-state index is 0.176. The Labute approximate surface area is 124 Å². The van der Waals surface area contributed by atoms with E-state index in [-0.39, 0.29) is 12.4 Å². The molecular weight excluding hydrogens is 335 g/mol. The van der Waals surface area contributed by atoms with E-state index in [2.05, 4.69) is 21.0 Å². The molecule has 0 saturated carbocycles. The summed E-state index contributed by atoms with van der Waals surface area (Å²) in [7, 11) is 1.79. The lowest BCUT2D eigenvalue weighted by molar-refractivity contribution is 0.280. The van der Waals surface area contributed by atoms with Crippen molar-refractivity contribution in [2.45, 2.75) is 20.0 Å². The fourth-order valence-corrected chi connectivity index (χ4v) is 2.40. The zero-order valence-electron chi connectivity index (χ0n) is 10.6. The minimum atomic E-state index is -0.405. The van der Waals surface area contributed by atoms with E-state index in [9.17, 15) is 4.39 Å². The van der Waals surface area contributed by atoms with Crippen molar-refractivity contribution < 1.29 is 9.13 Å². The standard InChI is InChI=1S/C13H13BrClFN2O/c1-3-10-13(15)11(18(2)17-10)7-19-12-6-8(14)4-5-9(12)16/h4-6H,3,7H2,1-2H3. The first kappa shape index (κ1) is 14.3. The number of hydrogen-bond acceptors (Lipinski definition) is 2. The van der Waals surface area contributed by atoms with Crippen LogP contribution in [0.4, 0.5) is 4.39 Å². The zero-order valence-corrected chi connectivity index (χ0v) is 12.9. The lowest BCUT2D eigenvalue weighted by atomic mass is 10.3. The molecule has 1 aromatic heterocycles. The number of aryl methyl sites for hydroxylation is 2. The molecule has 0 aliphatic carbocycles. The Kier molecular flexibility index (Phi) is 4.47. The molecule has 2 rings (SSSR count). The fourth-order valence-electron chi connectivity index (χ4n) is 1.71. The second kappa shape index (κ2) is 5.92. The van der Waals surface area contributed by atoms with Crippen molar-refractivity contribution in [1.29, 1.82) is 0 Å². The highest BCUT2D eigenvalue weighted by molar-refractivity contribution is 9.10. The third kappa shape index (κ3) is 3.09. The SMILES string of the molecule is CCc1nn(C)c(COc2cc(Br)ccc2F)c1Cl. The summed E-state index contributed by atoms with van der Waals surface area (Å²) in [5.41, 5.74) is 1.55. The van der Waals surface area contributed by atoms with Gasteiger partial charge in [-0.25, -0.2) is 4.39 Å². The molecule has 6 heteroatoms. The number of nitrogens with zero attached hydrogens (tertiary/aromatic N) is 2. The van der Waals surface area contributed by atoms with Gasteiger partial charge in [-0.1, -0.05) is 34.5 Å². The lowest BCUT2D eigenvalue weighted by Crippen LogP contribution is -2.04. The van der Waals surface area contributed by atoms with Gasteiger partial charge in [0.2, 0.25) is 0 Å². The van der Waals surface area contributed by atoms with Crippen LogP contribution in [-0.2, 0) is 20.1 Å². The van der Waals surface area contributed by atoms with E-state index in [0.717, 1.165) is 22.3 Å². The van der Waals surface area contributed by atoms with Crippen LogP contribution in [-0.4, -0.2) is 9.78 Å². The van der Waals surface area contributed by atoms with Crippen molar-refractivity contribution in [3.8, 4) is 5.75 Å². The molecule has 0 aliphatic heterocycles. The zero-order chi connectivity index (χ0) is 14.0. The summed E-state index contributed by atoms with van der Waals surface area (Å²) in [6.45, 7) is 2.16. The number of halogens is 3. The van der Waals surface area contributed by atoms with Crippen LogP contribution in [0.1, 0.15) is 18.3 Å². The Balaban J connectivity index is 2.19. The van der Waals surface area contributed by atoms with Crippen LogP contribution in [0.2, 0.25) is 5.02 Å². The van der Waals surface area contributed by atoms with Gasteiger partial charge in [-0.05, 0) is 24.6 Å². The molecule has 0 unspecified atom stereocenters. The quantitative estimate of drug-likeness (QED) is 0.832. The van der Waals surface area contributed by atoms with Gasteiger partial charge in [-0.2, -0.15) is 5.10 Å². The van der Waals surface area contributed by atoms with Crippen molar-refractivity contribution in [2.75, 3.05) is 0 Å². The number of ether oxygens (including phenoxy) is 1. The van der Waals surface area contributed by atoms with Crippen LogP contribution in [0.25, 0.3) is 0 Å². The van der Waals surface area contributed by atoms with Crippen LogP contribution in [0, 0.1) is 5.82 Å². The third-order valence-corrected chi connectivity index (χ3v) is 3.69. The third-order valence-electron chi connectivity index (χ3n) is 2.76. The van der Waals surface area contributed by atoms with Gasteiger partial charge in [0.05, 0.1) is 16.4 Å². The predicted octanol–water partition coefficient (Wildman–Crippen LogP) is 4.12. The van der Waals surface area contributed by atoms with Gasteiger partial charge in [-0.15, -0.1) is 0 Å². The average molecular weight is 348 g/mol. The molecule has 0 bridgehead atoms. The maximum Gasteiger partial charge on any atom is 0.165 e. The molecule has 1 aromatic carbocycles. The highest BCUT2D eigenvalue weighted by atomic mass is 79.9. The number of rotatable bonds is 4. The van der Waals surface area contributed by atoms with Gasteiger partial charge in [0.1, 0.15) is 6.61 Å². The monoisotopic (exact) mass is 346 g/mol. The molecule has 0 aliphatic rings. The first-order chi connectivity index (χ1) is 9.02. The smallest absolute Gasteiger partial charge is 0.165 e. The Morgan fingerprint density at radius 3 is 2.84 bits per heavy atom. The van der Waals surface area contributed by atoms with Gasteiger partial charge in [-0.3, -0.25) is 4.68 Å². The second-order valence-corrected chi connectivity index (χ2v) is 5.34. The van der Waals surface area contributed by atoms with Crippen LogP contribution in [0.5, 0.6) is 5.75 Å². The van der Waals surface area contributed by atoms with E-state index < -0.39 is 5.82 Å². The maximum atomic E-state index is 13.5. The Bertz CT molecular complexity index is 601. The molecule has 19 heavy (non-hydrogen) atoms. The van der Waals surface area contributed by atoms with E-state index >= 15 is 0 Å². The lowest BCUT2D eigenvalue weighted by Gasteiger charge is -2.08. The highest BCUT2D eigenvalue weighted by Crippen LogP contribution is 2.26. The van der Waals surface area contributed by atoms with Crippen LogP contribution >= 0.6 is 27.5 Å². The van der Waals surface area contributed by atoms with Gasteiger partial charge < -0.3 is 4.74 Å². The van der Waals surface area contributed by atoms with E-state index in [1.54, 1.807) is 23.9 Å². The Morgan fingerprint density at radius 1 is 1.47 bits per heavy atom. The van der Waals surface area contributed by atoms with Crippen LogP contribution in [0.3, 0.4) is 0 Å². The molecule has 0 spiro atoms. The van der Waals surface area contributed by atoms with E-state index in [1.807, 2.05) is 6.92 Å². The van der Waals surface area contributed by atoms with E-state index in [0.29, 0.717) is 5.02 Å². The fraction of sp³-hybridized carbons (Fsp3) is 0.308. The molecule has 0 radical (unpaired) electrons. The maximum absolute atomic E-state index is 13.5. The number of benzene rings is 1. The summed E-state index contributed by atoms with van der Waals surface area (Å²) >= 11 is 9.48. The average Bonchev–Trinajstić information content (AvgIpc) is 2.66. The topological polar surface area (TPSA) is 27.1 Å². The summed E-state index contributed by atoms with van der Waals surface area (Å²) in [4.78, 5) is 0. The van der Waals surface area contributed by atoms with Crippen LogP contribution < -0.4 is 4.74 Å². The summed E-state index contributed by atoms with van der Waals surface area (Å²) in [5.74, 6) is -0.220. The number of hydrogen-bond donors (Lipinski definition) is 0. The van der Waals surface area contributed by atoms with E-state index in [1.165, 1.54) is 6.07 Å². The van der Waals surface area contributed by atoms with Gasteiger partial charge >= 0.3 is 0 Å². The molecule has 1 heterocycles. The van der Waals surface area contributed by atoms with Crippen molar-refractivity contribution in [3.63, 3.8) is 0 Å². The summed E-state index contributed by atoms with van der Waals surface area (Å²) < 4.78 is 21.4. The Morgan fingerprint density at radius 2 is 2.21 bits per heavy atom.